The number of hydrogen-bond acceptors (Lipinski definition) is 6. The molecule has 8 nitrogen and oxygen atoms in total. The number of anilines is 1. The highest BCUT2D eigenvalue weighted by Crippen LogP contribution is 2.35. The minimum Gasteiger partial charge on any atom is -0.493 e. The van der Waals surface area contributed by atoms with Gasteiger partial charge in [-0.1, -0.05) is 6.07 Å². The van der Waals surface area contributed by atoms with E-state index in [4.69, 9.17) is 14.7 Å². The third kappa shape index (κ3) is 3.49. The van der Waals surface area contributed by atoms with Crippen LogP contribution < -0.4 is 9.64 Å². The van der Waals surface area contributed by atoms with Gasteiger partial charge in [-0.05, 0) is 44.9 Å². The van der Waals surface area contributed by atoms with E-state index in [0.29, 0.717) is 49.0 Å². The fraction of sp³-hybridized carbons (Fsp3) is 0.333. The number of nitrogens with zero attached hydrogens (tertiary/aromatic N) is 6. The fourth-order valence-corrected chi connectivity index (χ4v) is 5.24. The van der Waals surface area contributed by atoms with Gasteiger partial charge in [-0.3, -0.25) is 14.2 Å². The van der Waals surface area contributed by atoms with E-state index in [1.165, 1.54) is 6.07 Å². The summed E-state index contributed by atoms with van der Waals surface area (Å²) in [5.41, 5.74) is 6.04. The summed E-state index contributed by atoms with van der Waals surface area (Å²) in [4.78, 5) is 31.1. The van der Waals surface area contributed by atoms with Crippen LogP contribution in [0, 0.1) is 12.7 Å². The van der Waals surface area contributed by atoms with Crippen LogP contribution in [0.25, 0.3) is 16.6 Å². The number of benzene rings is 1. The molecule has 1 aromatic carbocycles. The lowest BCUT2D eigenvalue weighted by molar-refractivity contribution is 0.0747. The number of aromatic nitrogens is 4. The van der Waals surface area contributed by atoms with Crippen molar-refractivity contribution in [3.05, 3.63) is 70.8 Å². The maximum Gasteiger partial charge on any atom is 0.275 e. The van der Waals surface area contributed by atoms with Crippen LogP contribution in [0.15, 0.2) is 36.8 Å². The molecule has 184 valence electrons. The van der Waals surface area contributed by atoms with E-state index in [9.17, 15) is 9.18 Å². The summed E-state index contributed by atoms with van der Waals surface area (Å²) in [6.45, 7) is 5.80. The average molecular weight is 487 g/mol. The zero-order valence-electron chi connectivity index (χ0n) is 20.6. The smallest absolute Gasteiger partial charge is 0.275 e. The molecule has 2 aliphatic heterocycles. The molecule has 9 heteroatoms. The normalized spacial score (nSPS) is 14.7. The highest BCUT2D eigenvalue weighted by Gasteiger charge is 2.29. The molecule has 0 bridgehead atoms. The van der Waals surface area contributed by atoms with Crippen LogP contribution in [0.2, 0.25) is 0 Å². The summed E-state index contributed by atoms with van der Waals surface area (Å²) in [6, 6.07) is 7.17. The predicted molar refractivity (Wildman–Crippen MR) is 134 cm³/mol. The minimum absolute atomic E-state index is 0.143. The molecular formula is C27H27FN6O2. The number of ether oxygens (including phenoxy) is 1. The molecule has 0 unspecified atom stereocenters. The number of rotatable bonds is 4. The monoisotopic (exact) mass is 486 g/mol. The largest absolute Gasteiger partial charge is 0.493 e. The third-order valence-corrected chi connectivity index (χ3v) is 7.06. The summed E-state index contributed by atoms with van der Waals surface area (Å²) >= 11 is 0. The Morgan fingerprint density at radius 3 is 2.86 bits per heavy atom. The minimum atomic E-state index is -0.260. The molecule has 6 rings (SSSR count). The Morgan fingerprint density at radius 2 is 2.03 bits per heavy atom. The van der Waals surface area contributed by atoms with Gasteiger partial charge in [0.1, 0.15) is 17.9 Å². The van der Waals surface area contributed by atoms with Crippen LogP contribution in [-0.4, -0.2) is 50.4 Å². The second-order valence-corrected chi connectivity index (χ2v) is 9.36. The number of hydrogen-bond donors (Lipinski definition) is 0. The van der Waals surface area contributed by atoms with Gasteiger partial charge in [-0.2, -0.15) is 0 Å². The number of halogens is 1. The van der Waals surface area contributed by atoms with Crippen molar-refractivity contribution in [2.75, 3.05) is 25.1 Å². The van der Waals surface area contributed by atoms with Gasteiger partial charge in [0.05, 0.1) is 24.4 Å². The second kappa shape index (κ2) is 8.58. The molecule has 4 aromatic rings. The zero-order valence-corrected chi connectivity index (χ0v) is 20.6. The maximum atomic E-state index is 15.0. The molecule has 1 amide bonds. The molecule has 0 atom stereocenters. The van der Waals surface area contributed by atoms with Crippen molar-refractivity contribution in [1.29, 1.82) is 0 Å². The SMILES string of the molecule is CCN1Cc2nc(C)ccc2-c2cnc(N(C)Cc3c(F)ccc4c3CCCO4)n3cnc(c23)C1=O. The van der Waals surface area contributed by atoms with Crippen LogP contribution in [-0.2, 0) is 19.5 Å². The summed E-state index contributed by atoms with van der Waals surface area (Å²) in [6.07, 6.45) is 5.04. The van der Waals surface area contributed by atoms with E-state index in [-0.39, 0.29) is 11.7 Å². The molecule has 0 saturated heterocycles. The van der Waals surface area contributed by atoms with Gasteiger partial charge in [0.25, 0.3) is 5.91 Å². The van der Waals surface area contributed by atoms with E-state index >= 15 is 0 Å². The van der Waals surface area contributed by atoms with Crippen molar-refractivity contribution < 1.29 is 13.9 Å². The molecule has 0 N–H and O–H groups in total. The van der Waals surface area contributed by atoms with E-state index in [2.05, 4.69) is 4.98 Å². The van der Waals surface area contributed by atoms with Gasteiger partial charge in [0.15, 0.2) is 5.69 Å². The highest BCUT2D eigenvalue weighted by atomic mass is 19.1. The standard InChI is InChI=1S/C27H27FN6O2/c1-4-33-14-22-17(8-7-16(2)31-22)19-12-29-27(34-15-30-24(25(19)34)26(33)35)32(3)13-20-18-6-5-11-36-23(18)10-9-21(20)28/h7-10,12,15H,4-6,11,13-14H2,1-3H3. The lowest BCUT2D eigenvalue weighted by Crippen LogP contribution is -2.32. The van der Waals surface area contributed by atoms with Crippen molar-refractivity contribution in [2.45, 2.75) is 39.8 Å². The van der Waals surface area contributed by atoms with Gasteiger partial charge < -0.3 is 14.5 Å². The van der Waals surface area contributed by atoms with Gasteiger partial charge in [-0.15, -0.1) is 0 Å². The number of imidazole rings is 1. The summed E-state index contributed by atoms with van der Waals surface area (Å²) in [5, 5.41) is 0. The Morgan fingerprint density at radius 1 is 1.17 bits per heavy atom. The molecule has 0 radical (unpaired) electrons. The van der Waals surface area contributed by atoms with E-state index in [0.717, 1.165) is 46.7 Å². The fourth-order valence-electron chi connectivity index (χ4n) is 5.24. The number of aryl methyl sites for hydroxylation is 1. The number of amides is 1. The molecule has 2 aliphatic rings. The molecular weight excluding hydrogens is 459 g/mol. The Bertz CT molecular complexity index is 1510. The van der Waals surface area contributed by atoms with Gasteiger partial charge >= 0.3 is 0 Å². The Kier molecular flexibility index (Phi) is 5.35. The maximum absolute atomic E-state index is 15.0. The van der Waals surface area contributed by atoms with E-state index in [1.54, 1.807) is 23.5 Å². The lowest BCUT2D eigenvalue weighted by Gasteiger charge is -2.26. The summed E-state index contributed by atoms with van der Waals surface area (Å²) < 4.78 is 22.5. The number of fused-ring (bicyclic) bond motifs is 3. The van der Waals surface area contributed by atoms with Gasteiger partial charge in [0.2, 0.25) is 5.95 Å². The molecule has 0 spiro atoms. The number of carbonyl (C=O) groups excluding carboxylic acids is 1. The topological polar surface area (TPSA) is 75.9 Å². The Balaban J connectivity index is 1.49. The number of pyridine rings is 1. The molecule has 0 aliphatic carbocycles. The van der Waals surface area contributed by atoms with Gasteiger partial charge in [0, 0.05) is 54.3 Å². The quantitative estimate of drug-likeness (QED) is 0.431. The summed E-state index contributed by atoms with van der Waals surface area (Å²) in [5.74, 6) is 0.912. The highest BCUT2D eigenvalue weighted by molar-refractivity contribution is 6.04. The van der Waals surface area contributed by atoms with Crippen molar-refractivity contribution in [2.24, 2.45) is 0 Å². The first-order valence-electron chi connectivity index (χ1n) is 12.2. The van der Waals surface area contributed by atoms with Crippen LogP contribution in [0.1, 0.15) is 46.3 Å². The van der Waals surface area contributed by atoms with Crippen LogP contribution in [0.5, 0.6) is 5.75 Å². The zero-order chi connectivity index (χ0) is 25.0. The van der Waals surface area contributed by atoms with Gasteiger partial charge in [-0.25, -0.2) is 14.4 Å². The first-order chi connectivity index (χ1) is 17.5. The molecule has 3 aromatic heterocycles. The first kappa shape index (κ1) is 22.5. The average Bonchev–Trinajstić information content (AvgIpc) is 3.33. The number of carbonyl (C=O) groups is 1. The first-order valence-corrected chi connectivity index (χ1v) is 12.2. The van der Waals surface area contributed by atoms with E-state index in [1.807, 2.05) is 42.3 Å². The van der Waals surface area contributed by atoms with Crippen molar-refractivity contribution in [3.8, 4) is 16.9 Å². The third-order valence-electron chi connectivity index (χ3n) is 7.06. The summed E-state index contributed by atoms with van der Waals surface area (Å²) in [7, 11) is 1.87. The Hall–Kier alpha value is -4.01. The second-order valence-electron chi connectivity index (χ2n) is 9.36. The van der Waals surface area contributed by atoms with Crippen molar-refractivity contribution in [3.63, 3.8) is 0 Å². The van der Waals surface area contributed by atoms with Crippen LogP contribution >= 0.6 is 0 Å². The van der Waals surface area contributed by atoms with E-state index < -0.39 is 0 Å². The Labute approximate surface area is 208 Å². The molecule has 0 saturated carbocycles. The van der Waals surface area contributed by atoms with Crippen LogP contribution in [0.4, 0.5) is 10.3 Å². The predicted octanol–water partition coefficient (Wildman–Crippen LogP) is 4.18. The van der Waals surface area contributed by atoms with Crippen molar-refractivity contribution in [1.82, 2.24) is 24.3 Å². The molecule has 0 fully saturated rings. The van der Waals surface area contributed by atoms with Crippen molar-refractivity contribution >= 4 is 17.4 Å². The lowest BCUT2D eigenvalue weighted by atomic mass is 9.99. The van der Waals surface area contributed by atoms with Crippen LogP contribution in [0.3, 0.4) is 0 Å². The molecule has 36 heavy (non-hydrogen) atoms. The molecule has 5 heterocycles.